The van der Waals surface area contributed by atoms with Crippen LogP contribution in [0.5, 0.6) is 5.75 Å². The minimum Gasteiger partial charge on any atom is -0.410 e. The highest BCUT2D eigenvalue weighted by molar-refractivity contribution is 5.54. The molecule has 1 aromatic carbocycles. The van der Waals surface area contributed by atoms with Gasteiger partial charge < -0.3 is 4.74 Å². The molecule has 0 radical (unpaired) electrons. The number of para-hydroxylation sites is 1. The van der Waals surface area contributed by atoms with Crippen LogP contribution in [0.3, 0.4) is 0 Å². The lowest BCUT2D eigenvalue weighted by Crippen LogP contribution is -2.13. The van der Waals surface area contributed by atoms with Crippen molar-refractivity contribution in [1.82, 2.24) is 0 Å². The van der Waals surface area contributed by atoms with Gasteiger partial charge in [0, 0.05) is 12.8 Å². The van der Waals surface area contributed by atoms with E-state index in [0.29, 0.717) is 11.8 Å². The van der Waals surface area contributed by atoms with E-state index in [4.69, 9.17) is 4.74 Å². The van der Waals surface area contributed by atoms with Gasteiger partial charge in [-0.15, -0.1) is 0 Å². The van der Waals surface area contributed by atoms with E-state index in [1.165, 1.54) is 24.0 Å². The van der Waals surface area contributed by atoms with Crippen LogP contribution in [0.4, 0.5) is 0 Å². The zero-order chi connectivity index (χ0) is 13.8. The minimum atomic E-state index is 0.487. The van der Waals surface area contributed by atoms with Crippen LogP contribution in [0.15, 0.2) is 18.2 Å². The van der Waals surface area contributed by atoms with Crippen molar-refractivity contribution in [3.8, 4) is 5.75 Å². The smallest absolute Gasteiger partial charge is 0.329 e. The molecule has 2 rings (SSSR count). The SMILES string of the molecule is CC(C)c1cccc(C(C)C)c1OC=[N+]1CCCC1. The number of ether oxygens (including phenoxy) is 1. The summed E-state index contributed by atoms with van der Waals surface area (Å²) in [5.41, 5.74) is 2.61. The molecule has 1 aliphatic heterocycles. The fourth-order valence-corrected chi connectivity index (χ4v) is 2.59. The van der Waals surface area contributed by atoms with Crippen LogP contribution in [0.1, 0.15) is 63.5 Å². The van der Waals surface area contributed by atoms with Gasteiger partial charge in [0.2, 0.25) is 0 Å². The summed E-state index contributed by atoms with van der Waals surface area (Å²) in [5, 5.41) is 0. The van der Waals surface area contributed by atoms with E-state index in [2.05, 4.69) is 50.5 Å². The Morgan fingerprint density at radius 1 is 1.00 bits per heavy atom. The summed E-state index contributed by atoms with van der Waals surface area (Å²) in [7, 11) is 0. The van der Waals surface area contributed by atoms with E-state index in [0.717, 1.165) is 18.8 Å². The molecule has 0 atom stereocenters. The first-order valence-corrected chi connectivity index (χ1v) is 7.46. The average molecular weight is 260 g/mol. The van der Waals surface area contributed by atoms with Crippen molar-refractivity contribution in [3.63, 3.8) is 0 Å². The van der Waals surface area contributed by atoms with Gasteiger partial charge in [0.1, 0.15) is 18.8 Å². The van der Waals surface area contributed by atoms with E-state index < -0.39 is 0 Å². The minimum absolute atomic E-state index is 0.487. The molecule has 19 heavy (non-hydrogen) atoms. The van der Waals surface area contributed by atoms with E-state index in [1.54, 1.807) is 0 Å². The molecule has 0 aromatic heterocycles. The Bertz CT molecular complexity index is 426. The normalized spacial score (nSPS) is 15.4. The number of benzene rings is 1. The van der Waals surface area contributed by atoms with Crippen molar-refractivity contribution in [2.75, 3.05) is 13.1 Å². The number of hydrogen-bond acceptors (Lipinski definition) is 1. The summed E-state index contributed by atoms with van der Waals surface area (Å²) in [5.74, 6) is 2.04. The number of hydrogen-bond donors (Lipinski definition) is 0. The maximum atomic E-state index is 6.08. The van der Waals surface area contributed by atoms with Crippen molar-refractivity contribution in [3.05, 3.63) is 29.3 Å². The fourth-order valence-electron chi connectivity index (χ4n) is 2.59. The van der Waals surface area contributed by atoms with Gasteiger partial charge in [-0.3, -0.25) is 0 Å². The predicted octanol–water partition coefficient (Wildman–Crippen LogP) is 4.15. The van der Waals surface area contributed by atoms with Gasteiger partial charge in [0.05, 0.1) is 0 Å². The molecule has 104 valence electrons. The number of nitrogens with zero attached hydrogens (tertiary/aromatic N) is 1. The summed E-state index contributed by atoms with van der Waals surface area (Å²) in [6, 6.07) is 6.51. The molecule has 2 heteroatoms. The van der Waals surface area contributed by atoms with E-state index in [-0.39, 0.29) is 0 Å². The molecule has 1 aliphatic rings. The van der Waals surface area contributed by atoms with Gasteiger partial charge in [-0.1, -0.05) is 45.9 Å². The first-order valence-electron chi connectivity index (χ1n) is 7.46. The molecule has 2 nitrogen and oxygen atoms in total. The first kappa shape index (κ1) is 14.1. The Hall–Kier alpha value is -1.31. The van der Waals surface area contributed by atoms with Crippen molar-refractivity contribution in [2.24, 2.45) is 0 Å². The third kappa shape index (κ3) is 3.37. The summed E-state index contributed by atoms with van der Waals surface area (Å²) in [4.78, 5) is 0. The lowest BCUT2D eigenvalue weighted by Gasteiger charge is -2.17. The van der Waals surface area contributed by atoms with Crippen LogP contribution in [0.2, 0.25) is 0 Å². The highest BCUT2D eigenvalue weighted by Gasteiger charge is 2.17. The van der Waals surface area contributed by atoms with Crippen molar-refractivity contribution >= 4 is 6.40 Å². The molecule has 0 spiro atoms. The molecule has 1 heterocycles. The molecule has 0 saturated carbocycles. The van der Waals surface area contributed by atoms with Crippen LogP contribution < -0.4 is 4.74 Å². The Labute approximate surface area is 117 Å². The second-order valence-electron chi connectivity index (χ2n) is 6.04. The van der Waals surface area contributed by atoms with Crippen LogP contribution in [-0.2, 0) is 0 Å². The zero-order valence-electron chi connectivity index (χ0n) is 12.6. The lowest BCUT2D eigenvalue weighted by molar-refractivity contribution is -0.507. The Morgan fingerprint density at radius 2 is 1.53 bits per heavy atom. The molecule has 0 aliphatic carbocycles. The van der Waals surface area contributed by atoms with Crippen LogP contribution >= 0.6 is 0 Å². The Balaban J connectivity index is 2.31. The van der Waals surface area contributed by atoms with Gasteiger partial charge in [0.25, 0.3) is 0 Å². The summed E-state index contributed by atoms with van der Waals surface area (Å²) in [6.45, 7) is 11.1. The molecule has 1 fully saturated rings. The van der Waals surface area contributed by atoms with E-state index >= 15 is 0 Å². The van der Waals surface area contributed by atoms with Gasteiger partial charge in [-0.25, -0.2) is 4.58 Å². The quantitative estimate of drug-likeness (QED) is 0.585. The number of rotatable bonds is 4. The standard InChI is InChI=1S/C17H26NO/c1-13(2)15-8-7-9-16(14(3)4)17(15)19-12-18-10-5-6-11-18/h7-9,12-14H,5-6,10-11H2,1-4H3/q+1. The van der Waals surface area contributed by atoms with Crippen molar-refractivity contribution in [1.29, 1.82) is 0 Å². The maximum Gasteiger partial charge on any atom is 0.329 e. The fraction of sp³-hybridized carbons (Fsp3) is 0.588. The molecule has 1 saturated heterocycles. The third-order valence-corrected chi connectivity index (χ3v) is 3.78. The van der Waals surface area contributed by atoms with Gasteiger partial charge in [-0.2, -0.15) is 0 Å². The van der Waals surface area contributed by atoms with Gasteiger partial charge in [0.15, 0.2) is 0 Å². The lowest BCUT2D eigenvalue weighted by atomic mass is 9.94. The Morgan fingerprint density at radius 3 is 2.00 bits per heavy atom. The molecule has 0 N–H and O–H groups in total. The zero-order valence-corrected chi connectivity index (χ0v) is 12.6. The van der Waals surface area contributed by atoms with E-state index in [9.17, 15) is 0 Å². The molecule has 0 bridgehead atoms. The van der Waals surface area contributed by atoms with Gasteiger partial charge >= 0.3 is 6.40 Å². The average Bonchev–Trinajstić information content (AvgIpc) is 2.88. The molecular weight excluding hydrogens is 234 g/mol. The van der Waals surface area contributed by atoms with Crippen LogP contribution in [-0.4, -0.2) is 24.1 Å². The van der Waals surface area contributed by atoms with Crippen molar-refractivity contribution in [2.45, 2.75) is 52.4 Å². The topological polar surface area (TPSA) is 12.2 Å². The Kier molecular flexibility index (Phi) is 4.62. The van der Waals surface area contributed by atoms with E-state index in [1.807, 2.05) is 6.40 Å². The second kappa shape index (κ2) is 6.23. The monoisotopic (exact) mass is 260 g/mol. The highest BCUT2D eigenvalue weighted by atomic mass is 16.5. The highest BCUT2D eigenvalue weighted by Crippen LogP contribution is 2.34. The molecular formula is C17H26NO+. The summed E-state index contributed by atoms with van der Waals surface area (Å²) >= 11 is 0. The summed E-state index contributed by atoms with van der Waals surface area (Å²) < 4.78 is 8.35. The molecule has 0 unspecified atom stereocenters. The predicted molar refractivity (Wildman–Crippen MR) is 80.5 cm³/mol. The third-order valence-electron chi connectivity index (χ3n) is 3.78. The molecule has 0 amide bonds. The second-order valence-corrected chi connectivity index (χ2v) is 6.04. The largest absolute Gasteiger partial charge is 0.410 e. The van der Waals surface area contributed by atoms with Crippen LogP contribution in [0, 0.1) is 0 Å². The molecule has 1 aromatic rings. The summed E-state index contributed by atoms with van der Waals surface area (Å²) in [6.07, 6.45) is 4.49. The van der Waals surface area contributed by atoms with Gasteiger partial charge in [-0.05, 0) is 23.0 Å². The first-order chi connectivity index (χ1) is 9.09. The van der Waals surface area contributed by atoms with Crippen LogP contribution in [0.25, 0.3) is 0 Å². The maximum absolute atomic E-state index is 6.08. The van der Waals surface area contributed by atoms with Crippen molar-refractivity contribution < 1.29 is 9.31 Å².